The lowest BCUT2D eigenvalue weighted by molar-refractivity contribution is -0.137. The molecule has 0 amide bonds. The highest BCUT2D eigenvalue weighted by Crippen LogP contribution is 2.29. The summed E-state index contributed by atoms with van der Waals surface area (Å²) in [5, 5.41) is 7.11. The molecule has 0 atom stereocenters. The molecule has 0 unspecified atom stereocenters. The van der Waals surface area contributed by atoms with Gasteiger partial charge in [-0.15, -0.1) is 0 Å². The third-order valence-corrected chi connectivity index (χ3v) is 2.59. The lowest BCUT2D eigenvalue weighted by Gasteiger charge is -2.09. The van der Waals surface area contributed by atoms with Gasteiger partial charge in [-0.1, -0.05) is 6.92 Å². The Morgan fingerprint density at radius 3 is 2.47 bits per heavy atom. The largest absolute Gasteiger partial charge is 0.416 e. The molecule has 2 aromatic rings. The highest BCUT2D eigenvalue weighted by Gasteiger charge is 2.30. The minimum atomic E-state index is -4.33. The van der Waals surface area contributed by atoms with E-state index in [9.17, 15) is 13.2 Å². The predicted molar refractivity (Wildman–Crippen MR) is 63.7 cm³/mol. The molecule has 7 heteroatoms. The van der Waals surface area contributed by atoms with Crippen molar-refractivity contribution in [2.24, 2.45) is 0 Å². The van der Waals surface area contributed by atoms with E-state index in [0.29, 0.717) is 18.1 Å². The first kappa shape index (κ1) is 13.5. The van der Waals surface area contributed by atoms with E-state index in [4.69, 9.17) is 0 Å². The maximum Gasteiger partial charge on any atom is 0.416 e. The van der Waals surface area contributed by atoms with Crippen LogP contribution >= 0.6 is 0 Å². The van der Waals surface area contributed by atoms with Gasteiger partial charge in [0.25, 0.3) is 0 Å². The molecular weight excluding hydrogens is 257 g/mol. The molecule has 0 bridgehead atoms. The second kappa shape index (κ2) is 5.40. The monoisotopic (exact) mass is 270 g/mol. The maximum absolute atomic E-state index is 12.5. The van der Waals surface area contributed by atoms with Crippen LogP contribution in [0, 0.1) is 0 Å². The van der Waals surface area contributed by atoms with Crippen LogP contribution in [-0.4, -0.2) is 21.3 Å². The first-order valence-electron chi connectivity index (χ1n) is 5.79. The van der Waals surface area contributed by atoms with Crippen molar-refractivity contribution in [1.29, 1.82) is 0 Å². The molecule has 0 spiro atoms. The van der Waals surface area contributed by atoms with E-state index in [2.05, 4.69) is 15.4 Å². The number of hydrogen-bond donors (Lipinski definition) is 1. The fourth-order valence-electron chi connectivity index (χ4n) is 1.63. The maximum atomic E-state index is 12.5. The van der Waals surface area contributed by atoms with E-state index in [1.165, 1.54) is 23.1 Å². The summed E-state index contributed by atoms with van der Waals surface area (Å²) in [6, 6.07) is 4.84. The van der Waals surface area contributed by atoms with Crippen LogP contribution in [0.25, 0.3) is 5.69 Å². The predicted octanol–water partition coefficient (Wildman–Crippen LogP) is 2.40. The minimum absolute atomic E-state index is 0.511. The zero-order chi connectivity index (χ0) is 13.9. The van der Waals surface area contributed by atoms with Crippen molar-refractivity contribution in [3.8, 4) is 5.69 Å². The van der Waals surface area contributed by atoms with Gasteiger partial charge in [0.2, 0.25) is 0 Å². The van der Waals surface area contributed by atoms with Crippen molar-refractivity contribution in [2.75, 3.05) is 6.54 Å². The smallest absolute Gasteiger partial charge is 0.310 e. The van der Waals surface area contributed by atoms with Gasteiger partial charge in [-0.05, 0) is 30.8 Å². The summed E-state index contributed by atoms with van der Waals surface area (Å²) in [4.78, 5) is 4.07. The highest BCUT2D eigenvalue weighted by atomic mass is 19.4. The zero-order valence-corrected chi connectivity index (χ0v) is 10.3. The second-order valence-electron chi connectivity index (χ2n) is 3.91. The van der Waals surface area contributed by atoms with Crippen LogP contribution in [-0.2, 0) is 12.7 Å². The summed E-state index contributed by atoms with van der Waals surface area (Å²) < 4.78 is 38.9. The van der Waals surface area contributed by atoms with Crippen LogP contribution in [0.3, 0.4) is 0 Å². The Morgan fingerprint density at radius 1 is 1.21 bits per heavy atom. The zero-order valence-electron chi connectivity index (χ0n) is 10.3. The minimum Gasteiger partial charge on any atom is -0.310 e. The van der Waals surface area contributed by atoms with Crippen molar-refractivity contribution in [3.05, 3.63) is 42.0 Å². The van der Waals surface area contributed by atoms with Gasteiger partial charge in [0.15, 0.2) is 0 Å². The molecule has 4 nitrogen and oxygen atoms in total. The van der Waals surface area contributed by atoms with E-state index in [1.54, 1.807) is 0 Å². The molecule has 0 saturated heterocycles. The summed E-state index contributed by atoms with van der Waals surface area (Å²) in [6.45, 7) is 3.25. The molecule has 1 heterocycles. The lowest BCUT2D eigenvalue weighted by atomic mass is 10.2. The topological polar surface area (TPSA) is 42.7 Å². The Hall–Kier alpha value is -1.89. The van der Waals surface area contributed by atoms with Crippen LogP contribution in [0.4, 0.5) is 13.2 Å². The summed E-state index contributed by atoms with van der Waals surface area (Å²) >= 11 is 0. The van der Waals surface area contributed by atoms with Crippen LogP contribution < -0.4 is 5.32 Å². The molecule has 0 aliphatic rings. The van der Waals surface area contributed by atoms with E-state index in [0.717, 1.165) is 18.7 Å². The SMILES string of the molecule is CCNCc1ncnn1-c1ccc(C(F)(F)F)cc1. The number of benzene rings is 1. The Bertz CT molecular complexity index is 531. The third kappa shape index (κ3) is 3.11. The normalized spacial score (nSPS) is 11.8. The molecule has 0 aliphatic heterocycles. The Kier molecular flexibility index (Phi) is 3.84. The molecule has 1 N–H and O–H groups in total. The van der Waals surface area contributed by atoms with Gasteiger partial charge in [0, 0.05) is 0 Å². The molecular formula is C12H13F3N4. The summed E-state index contributed by atoms with van der Waals surface area (Å²) in [5.41, 5.74) is -0.122. The van der Waals surface area contributed by atoms with E-state index >= 15 is 0 Å². The van der Waals surface area contributed by atoms with E-state index < -0.39 is 11.7 Å². The Balaban J connectivity index is 2.25. The molecule has 1 aromatic heterocycles. The van der Waals surface area contributed by atoms with Gasteiger partial charge in [-0.3, -0.25) is 0 Å². The van der Waals surface area contributed by atoms with Crippen molar-refractivity contribution in [1.82, 2.24) is 20.1 Å². The molecule has 0 radical (unpaired) electrons. The molecule has 102 valence electrons. The summed E-state index contributed by atoms with van der Waals surface area (Å²) in [6.07, 6.45) is -2.95. The average Bonchev–Trinajstić information content (AvgIpc) is 2.83. The lowest BCUT2D eigenvalue weighted by Crippen LogP contribution is -2.16. The fourth-order valence-corrected chi connectivity index (χ4v) is 1.63. The van der Waals surface area contributed by atoms with Crippen LogP contribution in [0.2, 0.25) is 0 Å². The summed E-state index contributed by atoms with van der Waals surface area (Å²) in [7, 11) is 0. The standard InChI is InChI=1S/C12H13F3N4/c1-2-16-7-11-17-8-18-19(11)10-5-3-9(4-6-10)12(13,14)15/h3-6,8,16H,2,7H2,1H3. The van der Waals surface area contributed by atoms with Gasteiger partial charge < -0.3 is 5.32 Å². The summed E-state index contributed by atoms with van der Waals surface area (Å²) in [5.74, 6) is 0.654. The number of aromatic nitrogens is 3. The first-order chi connectivity index (χ1) is 9.02. The number of nitrogens with one attached hydrogen (secondary N) is 1. The van der Waals surface area contributed by atoms with Gasteiger partial charge in [0.05, 0.1) is 17.8 Å². The van der Waals surface area contributed by atoms with Crippen LogP contribution in [0.5, 0.6) is 0 Å². The molecule has 19 heavy (non-hydrogen) atoms. The van der Waals surface area contributed by atoms with Gasteiger partial charge in [0.1, 0.15) is 12.2 Å². The van der Waals surface area contributed by atoms with Crippen molar-refractivity contribution >= 4 is 0 Å². The van der Waals surface area contributed by atoms with Crippen molar-refractivity contribution in [2.45, 2.75) is 19.6 Å². The van der Waals surface area contributed by atoms with Crippen LogP contribution in [0.1, 0.15) is 18.3 Å². The number of hydrogen-bond acceptors (Lipinski definition) is 3. The third-order valence-electron chi connectivity index (χ3n) is 2.59. The average molecular weight is 270 g/mol. The number of nitrogens with zero attached hydrogens (tertiary/aromatic N) is 3. The molecule has 2 rings (SSSR count). The van der Waals surface area contributed by atoms with Crippen LogP contribution in [0.15, 0.2) is 30.6 Å². The highest BCUT2D eigenvalue weighted by molar-refractivity contribution is 5.35. The van der Waals surface area contributed by atoms with E-state index in [-0.39, 0.29) is 0 Å². The number of rotatable bonds is 4. The molecule has 1 aromatic carbocycles. The van der Waals surface area contributed by atoms with E-state index in [1.807, 2.05) is 6.92 Å². The molecule has 0 saturated carbocycles. The van der Waals surface area contributed by atoms with Crippen molar-refractivity contribution in [3.63, 3.8) is 0 Å². The second-order valence-corrected chi connectivity index (χ2v) is 3.91. The first-order valence-corrected chi connectivity index (χ1v) is 5.79. The fraction of sp³-hybridized carbons (Fsp3) is 0.333. The van der Waals surface area contributed by atoms with Gasteiger partial charge >= 0.3 is 6.18 Å². The Labute approximate surface area is 108 Å². The Morgan fingerprint density at radius 2 is 1.89 bits per heavy atom. The van der Waals surface area contributed by atoms with Crippen molar-refractivity contribution < 1.29 is 13.2 Å². The molecule has 0 fully saturated rings. The number of halogens is 3. The molecule has 0 aliphatic carbocycles. The van der Waals surface area contributed by atoms with Gasteiger partial charge in [-0.25, -0.2) is 9.67 Å². The quantitative estimate of drug-likeness (QED) is 0.927. The van der Waals surface area contributed by atoms with Gasteiger partial charge in [-0.2, -0.15) is 18.3 Å². The number of alkyl halides is 3.